The Labute approximate surface area is 268 Å². The molecule has 3 aromatic carbocycles. The number of aliphatic hydroxyl groups excluding tert-OH is 1. The number of anilines is 2. The summed E-state index contributed by atoms with van der Waals surface area (Å²) >= 11 is 0. The number of rotatable bonds is 12. The summed E-state index contributed by atoms with van der Waals surface area (Å²) in [4.78, 5) is 29.8. The van der Waals surface area contributed by atoms with Gasteiger partial charge in [0.2, 0.25) is 5.91 Å². The molecule has 3 heterocycles. The molecule has 0 saturated carbocycles. The highest BCUT2D eigenvalue weighted by atomic mass is 16.5. The highest BCUT2D eigenvalue weighted by Crippen LogP contribution is 2.47. The first kappa shape index (κ1) is 31.2. The SMILES string of the molecule is COc1ccc2c(c1)[C@@](O)([C@H](C)/C=C/CCn1cc(C(CO)c3ccccc3)nn1)C(=O)N2Cc1cccc(N2CCCC2=O)c1. The molecule has 10 nitrogen and oxygen atoms in total. The maximum absolute atomic E-state index is 14.1. The van der Waals surface area contributed by atoms with Gasteiger partial charge in [0, 0.05) is 42.9 Å². The Morgan fingerprint density at radius 2 is 1.89 bits per heavy atom. The lowest BCUT2D eigenvalue weighted by molar-refractivity contribution is -0.139. The van der Waals surface area contributed by atoms with Crippen molar-refractivity contribution in [3.8, 4) is 5.75 Å². The zero-order chi connectivity index (χ0) is 32.3. The molecule has 1 unspecified atom stereocenters. The van der Waals surface area contributed by atoms with Gasteiger partial charge in [-0.2, -0.15) is 0 Å². The van der Waals surface area contributed by atoms with E-state index in [1.807, 2.05) is 85.9 Å². The predicted molar refractivity (Wildman–Crippen MR) is 174 cm³/mol. The molecule has 0 bridgehead atoms. The average molecular weight is 622 g/mol. The number of nitrogens with zero attached hydrogens (tertiary/aromatic N) is 5. The van der Waals surface area contributed by atoms with E-state index in [1.54, 1.807) is 33.7 Å². The van der Waals surface area contributed by atoms with Crippen molar-refractivity contribution in [1.82, 2.24) is 15.0 Å². The van der Waals surface area contributed by atoms with Crippen LogP contribution in [-0.2, 0) is 28.3 Å². The Hall–Kier alpha value is -4.80. The summed E-state index contributed by atoms with van der Waals surface area (Å²) < 4.78 is 7.19. The number of allylic oxidation sites excluding steroid dienone is 1. The van der Waals surface area contributed by atoms with Crippen LogP contribution in [0, 0.1) is 5.92 Å². The van der Waals surface area contributed by atoms with Crippen LogP contribution in [-0.4, -0.2) is 57.3 Å². The number of hydrogen-bond donors (Lipinski definition) is 2. The van der Waals surface area contributed by atoms with Crippen molar-refractivity contribution in [2.24, 2.45) is 5.92 Å². The molecule has 2 aliphatic heterocycles. The number of carbonyl (C=O) groups excluding carboxylic acids is 2. The molecule has 238 valence electrons. The van der Waals surface area contributed by atoms with Gasteiger partial charge in [0.25, 0.3) is 5.91 Å². The Bertz CT molecular complexity index is 1740. The minimum atomic E-state index is -1.80. The van der Waals surface area contributed by atoms with Crippen molar-refractivity contribution in [1.29, 1.82) is 0 Å². The van der Waals surface area contributed by atoms with Crippen molar-refractivity contribution < 1.29 is 24.5 Å². The van der Waals surface area contributed by atoms with Crippen molar-refractivity contribution in [2.45, 2.75) is 50.8 Å². The Morgan fingerprint density at radius 1 is 1.07 bits per heavy atom. The highest BCUT2D eigenvalue weighted by molar-refractivity contribution is 6.07. The van der Waals surface area contributed by atoms with Crippen LogP contribution in [0.2, 0.25) is 0 Å². The number of aliphatic hydroxyl groups is 2. The van der Waals surface area contributed by atoms with E-state index in [9.17, 15) is 19.8 Å². The maximum atomic E-state index is 14.1. The van der Waals surface area contributed by atoms with Gasteiger partial charge in [-0.25, -0.2) is 0 Å². The lowest BCUT2D eigenvalue weighted by atomic mass is 9.83. The Kier molecular flexibility index (Phi) is 9.01. The first-order valence-electron chi connectivity index (χ1n) is 15.7. The van der Waals surface area contributed by atoms with Crippen LogP contribution in [0.4, 0.5) is 11.4 Å². The number of aryl methyl sites for hydroxylation is 1. The molecule has 46 heavy (non-hydrogen) atoms. The van der Waals surface area contributed by atoms with E-state index in [1.165, 1.54) is 0 Å². The second kappa shape index (κ2) is 13.3. The van der Waals surface area contributed by atoms with Gasteiger partial charge in [-0.15, -0.1) is 5.10 Å². The zero-order valence-electron chi connectivity index (χ0n) is 26.1. The van der Waals surface area contributed by atoms with Crippen molar-refractivity contribution in [3.05, 3.63) is 114 Å². The van der Waals surface area contributed by atoms with Crippen LogP contribution in [0.3, 0.4) is 0 Å². The molecule has 2 amide bonds. The Morgan fingerprint density at radius 3 is 2.63 bits per heavy atom. The number of benzene rings is 3. The van der Waals surface area contributed by atoms with Gasteiger partial charge in [0.1, 0.15) is 5.75 Å². The van der Waals surface area contributed by atoms with E-state index in [0.717, 1.165) is 23.2 Å². The van der Waals surface area contributed by atoms with E-state index in [4.69, 9.17) is 4.74 Å². The highest BCUT2D eigenvalue weighted by Gasteiger charge is 2.52. The fourth-order valence-corrected chi connectivity index (χ4v) is 6.42. The number of carbonyl (C=O) groups is 2. The molecule has 1 saturated heterocycles. The smallest absolute Gasteiger partial charge is 0.264 e. The standard InChI is InChI=1S/C36H39N5O5/c1-25(10-6-7-18-39-23-32(37-38-39)30(24-42)27-12-4-3-5-13-27)36(45)31-21-29(46-2)16-17-33(31)41(35(36)44)22-26-11-8-14-28(20-26)40-19-9-15-34(40)43/h3-6,8,10-14,16-17,20-21,23,25,30,42,45H,7,9,15,18-19,22,24H2,1-2H3/b10-6+/t25-,30?,36+/m1/s1. The van der Waals surface area contributed by atoms with Crippen molar-refractivity contribution in [3.63, 3.8) is 0 Å². The lowest BCUT2D eigenvalue weighted by Gasteiger charge is -2.28. The maximum Gasteiger partial charge on any atom is 0.264 e. The summed E-state index contributed by atoms with van der Waals surface area (Å²) in [5, 5.41) is 30.6. The molecular formula is C36H39N5O5. The van der Waals surface area contributed by atoms with Gasteiger partial charge in [-0.05, 0) is 54.3 Å². The summed E-state index contributed by atoms with van der Waals surface area (Å²) in [5.41, 5.74) is 2.68. The minimum absolute atomic E-state index is 0.0699. The molecule has 0 aliphatic carbocycles. The largest absolute Gasteiger partial charge is 0.497 e. The third-order valence-electron chi connectivity index (χ3n) is 9.02. The number of ether oxygens (including phenoxy) is 1. The zero-order valence-corrected chi connectivity index (χ0v) is 26.1. The van der Waals surface area contributed by atoms with Crippen LogP contribution in [0.25, 0.3) is 0 Å². The molecule has 0 radical (unpaired) electrons. The molecule has 2 N–H and O–H groups in total. The van der Waals surface area contributed by atoms with Crippen LogP contribution in [0.15, 0.2) is 91.1 Å². The third-order valence-corrected chi connectivity index (χ3v) is 9.02. The van der Waals surface area contributed by atoms with E-state index < -0.39 is 17.4 Å². The number of amides is 2. The molecule has 2 aliphatic rings. The summed E-state index contributed by atoms with van der Waals surface area (Å²) in [7, 11) is 1.56. The fourth-order valence-electron chi connectivity index (χ4n) is 6.42. The monoisotopic (exact) mass is 621 g/mol. The summed E-state index contributed by atoms with van der Waals surface area (Å²) in [6, 6.07) is 22.7. The third kappa shape index (κ3) is 5.93. The van der Waals surface area contributed by atoms with Gasteiger partial charge in [0.15, 0.2) is 5.60 Å². The molecule has 6 rings (SSSR count). The number of fused-ring (bicyclic) bond motifs is 1. The average Bonchev–Trinajstić information content (AvgIpc) is 3.78. The van der Waals surface area contributed by atoms with E-state index in [-0.39, 0.29) is 25.0 Å². The molecule has 1 fully saturated rings. The first-order valence-corrected chi connectivity index (χ1v) is 15.7. The van der Waals surface area contributed by atoms with Gasteiger partial charge >= 0.3 is 0 Å². The van der Waals surface area contributed by atoms with Gasteiger partial charge in [-0.3, -0.25) is 14.3 Å². The lowest BCUT2D eigenvalue weighted by Crippen LogP contribution is -2.44. The molecule has 4 aromatic rings. The van der Waals surface area contributed by atoms with Crippen molar-refractivity contribution >= 4 is 23.2 Å². The van der Waals surface area contributed by atoms with Crippen LogP contribution < -0.4 is 14.5 Å². The summed E-state index contributed by atoms with van der Waals surface area (Å²) in [6.45, 7) is 3.24. The van der Waals surface area contributed by atoms with E-state index >= 15 is 0 Å². The van der Waals surface area contributed by atoms with Crippen LogP contribution >= 0.6 is 0 Å². The molecule has 1 aromatic heterocycles. The van der Waals surface area contributed by atoms with E-state index in [0.29, 0.717) is 48.6 Å². The van der Waals surface area contributed by atoms with Gasteiger partial charge in [0.05, 0.1) is 37.6 Å². The predicted octanol–water partition coefficient (Wildman–Crippen LogP) is 4.55. The van der Waals surface area contributed by atoms with Crippen LogP contribution in [0.5, 0.6) is 5.75 Å². The summed E-state index contributed by atoms with van der Waals surface area (Å²) in [5.74, 6) is -0.554. The van der Waals surface area contributed by atoms with Crippen molar-refractivity contribution in [2.75, 3.05) is 30.1 Å². The summed E-state index contributed by atoms with van der Waals surface area (Å²) in [6.07, 6.45) is 7.62. The topological polar surface area (TPSA) is 121 Å². The minimum Gasteiger partial charge on any atom is -0.497 e. The molecule has 3 atom stereocenters. The number of methoxy groups -OCH3 is 1. The normalized spacial score (nSPS) is 19.2. The second-order valence-electron chi connectivity index (χ2n) is 11.9. The molecule has 10 heteroatoms. The number of aromatic nitrogens is 3. The second-order valence-corrected chi connectivity index (χ2v) is 11.9. The Balaban J connectivity index is 1.17. The van der Waals surface area contributed by atoms with Gasteiger partial charge < -0.3 is 24.7 Å². The van der Waals surface area contributed by atoms with E-state index in [2.05, 4.69) is 10.3 Å². The molecular weight excluding hydrogens is 582 g/mol. The molecule has 0 spiro atoms. The quantitative estimate of drug-likeness (QED) is 0.223. The van der Waals surface area contributed by atoms with Gasteiger partial charge in [-0.1, -0.05) is 66.8 Å². The fraction of sp³-hybridized carbons (Fsp3) is 0.333. The first-order chi connectivity index (χ1) is 22.3. The number of hydrogen-bond acceptors (Lipinski definition) is 7. The van der Waals surface area contributed by atoms with Crippen LogP contribution in [0.1, 0.15) is 54.5 Å².